The third-order valence-corrected chi connectivity index (χ3v) is 1.75. The van der Waals surface area contributed by atoms with E-state index in [1.54, 1.807) is 0 Å². The molecule has 0 fully saturated rings. The van der Waals surface area contributed by atoms with E-state index in [0.29, 0.717) is 6.54 Å². The normalized spacial score (nSPS) is 9.93. The number of alkyl halides is 1. The lowest BCUT2D eigenvalue weighted by Crippen LogP contribution is -2.25. The first-order chi connectivity index (χ1) is 6.65. The Morgan fingerprint density at radius 3 is 2.64 bits per heavy atom. The van der Waals surface area contributed by atoms with Gasteiger partial charge in [0.1, 0.15) is 0 Å². The average Bonchev–Trinajstić information content (AvgIpc) is 2.18. The third-order valence-electron chi connectivity index (χ3n) is 1.56. The standard InChI is InChI=1S/C9H8ClF2NO/c10-3-4-13-9(14)6-1-2-7(11)8(12)5-6/h1-2,5H,3-4H2,(H,13,14). The number of benzene rings is 1. The minimum atomic E-state index is -1.04. The van der Waals surface area contributed by atoms with Crippen LogP contribution >= 0.6 is 11.6 Å². The highest BCUT2D eigenvalue weighted by atomic mass is 35.5. The van der Waals surface area contributed by atoms with Crippen molar-refractivity contribution >= 4 is 17.5 Å². The highest BCUT2D eigenvalue weighted by Crippen LogP contribution is 2.08. The zero-order chi connectivity index (χ0) is 10.6. The molecule has 14 heavy (non-hydrogen) atoms. The number of hydrogen-bond donors (Lipinski definition) is 1. The largest absolute Gasteiger partial charge is 0.351 e. The summed E-state index contributed by atoms with van der Waals surface area (Å²) < 4.78 is 25.2. The van der Waals surface area contributed by atoms with Gasteiger partial charge in [-0.15, -0.1) is 11.6 Å². The van der Waals surface area contributed by atoms with Crippen LogP contribution in [0, 0.1) is 11.6 Å². The van der Waals surface area contributed by atoms with Crippen molar-refractivity contribution in [2.24, 2.45) is 0 Å². The maximum atomic E-state index is 12.7. The van der Waals surface area contributed by atoms with Crippen molar-refractivity contribution in [2.75, 3.05) is 12.4 Å². The third kappa shape index (κ3) is 2.67. The van der Waals surface area contributed by atoms with Crippen LogP contribution in [0.15, 0.2) is 18.2 Å². The van der Waals surface area contributed by atoms with Gasteiger partial charge < -0.3 is 5.32 Å². The number of rotatable bonds is 3. The Balaban J connectivity index is 2.76. The molecule has 0 unspecified atom stereocenters. The van der Waals surface area contributed by atoms with E-state index in [9.17, 15) is 13.6 Å². The molecule has 1 N–H and O–H groups in total. The van der Waals surface area contributed by atoms with Gasteiger partial charge in [-0.2, -0.15) is 0 Å². The van der Waals surface area contributed by atoms with Crippen LogP contribution in [0.25, 0.3) is 0 Å². The fourth-order valence-electron chi connectivity index (χ4n) is 0.900. The molecule has 0 aliphatic rings. The number of carbonyl (C=O) groups is 1. The Morgan fingerprint density at radius 1 is 1.36 bits per heavy atom. The van der Waals surface area contributed by atoms with Gasteiger partial charge in [0.15, 0.2) is 11.6 Å². The highest BCUT2D eigenvalue weighted by molar-refractivity contribution is 6.18. The van der Waals surface area contributed by atoms with Gasteiger partial charge in [-0.05, 0) is 18.2 Å². The summed E-state index contributed by atoms with van der Waals surface area (Å²) in [6.07, 6.45) is 0. The van der Waals surface area contributed by atoms with E-state index in [1.807, 2.05) is 0 Å². The number of amides is 1. The fourth-order valence-corrected chi connectivity index (χ4v) is 0.995. The van der Waals surface area contributed by atoms with E-state index >= 15 is 0 Å². The van der Waals surface area contributed by atoms with E-state index in [2.05, 4.69) is 5.32 Å². The summed E-state index contributed by atoms with van der Waals surface area (Å²) in [5, 5.41) is 2.44. The Labute approximate surface area is 84.9 Å². The molecule has 0 radical (unpaired) electrons. The van der Waals surface area contributed by atoms with Gasteiger partial charge in [0, 0.05) is 18.0 Å². The Kier molecular flexibility index (Phi) is 3.83. The van der Waals surface area contributed by atoms with Crippen LogP contribution in [0.4, 0.5) is 8.78 Å². The molecule has 0 spiro atoms. The van der Waals surface area contributed by atoms with Gasteiger partial charge in [-0.1, -0.05) is 0 Å². The van der Waals surface area contributed by atoms with Crippen LogP contribution in [0.3, 0.4) is 0 Å². The van der Waals surface area contributed by atoms with Gasteiger partial charge in [0.2, 0.25) is 0 Å². The van der Waals surface area contributed by atoms with Crippen molar-refractivity contribution in [3.05, 3.63) is 35.4 Å². The molecular formula is C9H8ClF2NO. The summed E-state index contributed by atoms with van der Waals surface area (Å²) in [6, 6.07) is 2.96. The van der Waals surface area contributed by atoms with Crippen molar-refractivity contribution in [3.8, 4) is 0 Å². The predicted octanol–water partition coefficient (Wildman–Crippen LogP) is 1.93. The van der Waals surface area contributed by atoms with Crippen LogP contribution < -0.4 is 5.32 Å². The van der Waals surface area contributed by atoms with E-state index in [1.165, 1.54) is 6.07 Å². The summed E-state index contributed by atoms with van der Waals surface area (Å²) in [4.78, 5) is 11.2. The summed E-state index contributed by atoms with van der Waals surface area (Å²) in [7, 11) is 0. The van der Waals surface area contributed by atoms with Gasteiger partial charge >= 0.3 is 0 Å². The Morgan fingerprint density at radius 2 is 2.07 bits per heavy atom. The predicted molar refractivity (Wildman–Crippen MR) is 49.4 cm³/mol. The van der Waals surface area contributed by atoms with Crippen molar-refractivity contribution in [1.82, 2.24) is 5.32 Å². The van der Waals surface area contributed by atoms with Gasteiger partial charge in [-0.3, -0.25) is 4.79 Å². The smallest absolute Gasteiger partial charge is 0.251 e. The molecule has 1 amide bonds. The maximum Gasteiger partial charge on any atom is 0.251 e. The number of nitrogens with one attached hydrogen (secondary N) is 1. The van der Waals surface area contributed by atoms with E-state index in [0.717, 1.165) is 12.1 Å². The lowest BCUT2D eigenvalue weighted by atomic mass is 10.2. The molecule has 0 heterocycles. The van der Waals surface area contributed by atoms with Crippen LogP contribution in [0.1, 0.15) is 10.4 Å². The zero-order valence-electron chi connectivity index (χ0n) is 7.19. The SMILES string of the molecule is O=C(NCCCl)c1ccc(F)c(F)c1. The molecule has 0 atom stereocenters. The first kappa shape index (κ1) is 10.9. The summed E-state index contributed by atoms with van der Waals surface area (Å²) in [5.74, 6) is -2.21. The monoisotopic (exact) mass is 219 g/mol. The highest BCUT2D eigenvalue weighted by Gasteiger charge is 2.08. The number of halogens is 3. The molecule has 1 rings (SSSR count). The molecule has 1 aromatic rings. The minimum Gasteiger partial charge on any atom is -0.351 e. The second-order valence-corrected chi connectivity index (χ2v) is 2.95. The second kappa shape index (κ2) is 4.91. The molecule has 0 saturated heterocycles. The van der Waals surface area contributed by atoms with Crippen LogP contribution in [-0.4, -0.2) is 18.3 Å². The van der Waals surface area contributed by atoms with Crippen molar-refractivity contribution < 1.29 is 13.6 Å². The molecule has 76 valence electrons. The van der Waals surface area contributed by atoms with Gasteiger partial charge in [0.25, 0.3) is 5.91 Å². The Bertz CT molecular complexity index is 344. The minimum absolute atomic E-state index is 0.0778. The van der Waals surface area contributed by atoms with E-state index < -0.39 is 17.5 Å². The molecule has 2 nitrogen and oxygen atoms in total. The maximum absolute atomic E-state index is 12.7. The molecule has 0 aliphatic carbocycles. The first-order valence-electron chi connectivity index (χ1n) is 3.94. The quantitative estimate of drug-likeness (QED) is 0.774. The van der Waals surface area contributed by atoms with Crippen molar-refractivity contribution in [2.45, 2.75) is 0 Å². The zero-order valence-corrected chi connectivity index (χ0v) is 7.94. The number of carbonyl (C=O) groups excluding carboxylic acids is 1. The Hall–Kier alpha value is -1.16. The van der Waals surface area contributed by atoms with Crippen LogP contribution in [0.5, 0.6) is 0 Å². The lowest BCUT2D eigenvalue weighted by Gasteiger charge is -2.02. The van der Waals surface area contributed by atoms with Gasteiger partial charge in [-0.25, -0.2) is 8.78 Å². The second-order valence-electron chi connectivity index (χ2n) is 2.57. The topological polar surface area (TPSA) is 29.1 Å². The molecule has 5 heteroatoms. The fraction of sp³-hybridized carbons (Fsp3) is 0.222. The van der Waals surface area contributed by atoms with Crippen LogP contribution in [0.2, 0.25) is 0 Å². The molecular weight excluding hydrogens is 212 g/mol. The lowest BCUT2D eigenvalue weighted by molar-refractivity contribution is 0.0955. The molecule has 1 aromatic carbocycles. The van der Waals surface area contributed by atoms with Crippen LogP contribution in [-0.2, 0) is 0 Å². The molecule has 0 aliphatic heterocycles. The molecule has 0 aromatic heterocycles. The van der Waals surface area contributed by atoms with Crippen molar-refractivity contribution in [1.29, 1.82) is 0 Å². The van der Waals surface area contributed by atoms with Gasteiger partial charge in [0.05, 0.1) is 0 Å². The van der Waals surface area contributed by atoms with E-state index in [-0.39, 0.29) is 11.4 Å². The average molecular weight is 220 g/mol. The van der Waals surface area contributed by atoms with Crippen molar-refractivity contribution in [3.63, 3.8) is 0 Å². The summed E-state index contributed by atoms with van der Waals surface area (Å²) >= 11 is 5.34. The summed E-state index contributed by atoms with van der Waals surface area (Å²) in [5.41, 5.74) is 0.0778. The molecule has 0 bridgehead atoms. The molecule has 0 saturated carbocycles. The van der Waals surface area contributed by atoms with E-state index in [4.69, 9.17) is 11.6 Å². The summed E-state index contributed by atoms with van der Waals surface area (Å²) in [6.45, 7) is 0.291. The number of hydrogen-bond acceptors (Lipinski definition) is 1. The first-order valence-corrected chi connectivity index (χ1v) is 4.48.